The molecule has 1 amide bonds. The van der Waals surface area contributed by atoms with Crippen molar-refractivity contribution in [2.45, 2.75) is 0 Å². The standard InChI is InChI=1S/C12H14BrCl2NO2/c1-18-7-6-16(5-4-13)12(17)10-3-2-9(14)8-11(10)15/h2-3,8H,4-7H2,1H3. The second kappa shape index (κ2) is 8.00. The predicted octanol–water partition coefficient (Wildman–Crippen LogP) is 3.48. The van der Waals surface area contributed by atoms with Crippen LogP contribution in [-0.2, 0) is 4.74 Å². The number of rotatable bonds is 6. The molecular formula is C12H14BrCl2NO2. The smallest absolute Gasteiger partial charge is 0.255 e. The third kappa shape index (κ3) is 4.43. The fraction of sp³-hybridized carbons (Fsp3) is 0.417. The summed E-state index contributed by atoms with van der Waals surface area (Å²) in [6.45, 7) is 1.62. The summed E-state index contributed by atoms with van der Waals surface area (Å²) < 4.78 is 4.99. The van der Waals surface area contributed by atoms with Gasteiger partial charge in [0.05, 0.1) is 17.2 Å². The largest absolute Gasteiger partial charge is 0.383 e. The summed E-state index contributed by atoms with van der Waals surface area (Å²) in [7, 11) is 1.60. The fourth-order valence-corrected chi connectivity index (χ4v) is 2.37. The average Bonchev–Trinajstić information content (AvgIpc) is 2.33. The van der Waals surface area contributed by atoms with Crippen molar-refractivity contribution >= 4 is 45.0 Å². The van der Waals surface area contributed by atoms with Crippen molar-refractivity contribution in [1.29, 1.82) is 0 Å². The van der Waals surface area contributed by atoms with Crippen LogP contribution in [0.3, 0.4) is 0 Å². The Hall–Kier alpha value is -0.290. The Morgan fingerprint density at radius 1 is 1.39 bits per heavy atom. The van der Waals surface area contributed by atoms with Crippen LogP contribution in [0.25, 0.3) is 0 Å². The lowest BCUT2D eigenvalue weighted by molar-refractivity contribution is 0.0709. The Balaban J connectivity index is 2.87. The van der Waals surface area contributed by atoms with E-state index in [1.807, 2.05) is 0 Å². The lowest BCUT2D eigenvalue weighted by atomic mass is 10.2. The number of halogens is 3. The summed E-state index contributed by atoms with van der Waals surface area (Å²) in [6.07, 6.45) is 0. The minimum atomic E-state index is -0.117. The van der Waals surface area contributed by atoms with Crippen molar-refractivity contribution in [2.75, 3.05) is 32.1 Å². The molecule has 0 heterocycles. The molecule has 0 N–H and O–H groups in total. The first-order valence-electron chi connectivity index (χ1n) is 5.39. The molecule has 1 aromatic rings. The Labute approximate surface area is 125 Å². The van der Waals surface area contributed by atoms with Crippen molar-refractivity contribution in [1.82, 2.24) is 4.90 Å². The van der Waals surface area contributed by atoms with Crippen molar-refractivity contribution in [3.63, 3.8) is 0 Å². The number of amides is 1. The molecule has 0 saturated heterocycles. The van der Waals surface area contributed by atoms with Gasteiger partial charge in [-0.25, -0.2) is 0 Å². The molecule has 0 radical (unpaired) electrons. The molecule has 0 aliphatic rings. The Morgan fingerprint density at radius 2 is 2.11 bits per heavy atom. The van der Waals surface area contributed by atoms with E-state index in [0.29, 0.717) is 40.6 Å². The molecule has 0 unspecified atom stereocenters. The van der Waals surface area contributed by atoms with Gasteiger partial charge in [-0.1, -0.05) is 39.1 Å². The number of hydrogen-bond acceptors (Lipinski definition) is 2. The summed E-state index contributed by atoms with van der Waals surface area (Å²) in [6, 6.07) is 4.86. The maximum atomic E-state index is 12.3. The van der Waals surface area contributed by atoms with Gasteiger partial charge >= 0.3 is 0 Å². The van der Waals surface area contributed by atoms with Crippen molar-refractivity contribution in [3.05, 3.63) is 33.8 Å². The highest BCUT2D eigenvalue weighted by Gasteiger charge is 2.17. The minimum absolute atomic E-state index is 0.117. The van der Waals surface area contributed by atoms with Crippen LogP contribution in [0.1, 0.15) is 10.4 Å². The first kappa shape index (κ1) is 15.8. The van der Waals surface area contributed by atoms with Crippen LogP contribution < -0.4 is 0 Å². The van der Waals surface area contributed by atoms with Gasteiger partial charge in [-0.15, -0.1) is 0 Å². The summed E-state index contributed by atoms with van der Waals surface area (Å²) in [5.41, 5.74) is 0.457. The molecule has 0 aliphatic heterocycles. The number of hydrogen-bond donors (Lipinski definition) is 0. The number of nitrogens with zero attached hydrogens (tertiary/aromatic N) is 1. The number of carbonyl (C=O) groups is 1. The van der Waals surface area contributed by atoms with Crippen molar-refractivity contribution in [3.8, 4) is 0 Å². The SMILES string of the molecule is COCCN(CCBr)C(=O)c1ccc(Cl)cc1Cl. The van der Waals surface area contributed by atoms with Crippen LogP contribution in [-0.4, -0.2) is 42.9 Å². The van der Waals surface area contributed by atoms with Gasteiger partial charge in [-0.2, -0.15) is 0 Å². The molecule has 18 heavy (non-hydrogen) atoms. The van der Waals surface area contributed by atoms with Gasteiger partial charge in [0, 0.05) is 30.6 Å². The predicted molar refractivity (Wildman–Crippen MR) is 78.0 cm³/mol. The zero-order valence-electron chi connectivity index (χ0n) is 9.96. The van der Waals surface area contributed by atoms with Gasteiger partial charge < -0.3 is 9.64 Å². The minimum Gasteiger partial charge on any atom is -0.383 e. The zero-order valence-corrected chi connectivity index (χ0v) is 13.1. The van der Waals surface area contributed by atoms with Crippen molar-refractivity contribution < 1.29 is 9.53 Å². The van der Waals surface area contributed by atoms with E-state index in [4.69, 9.17) is 27.9 Å². The summed E-state index contributed by atoms with van der Waals surface area (Å²) >= 11 is 15.2. The van der Waals surface area contributed by atoms with E-state index in [-0.39, 0.29) is 5.91 Å². The van der Waals surface area contributed by atoms with Gasteiger partial charge in [0.2, 0.25) is 0 Å². The molecule has 100 valence electrons. The highest BCUT2D eigenvalue weighted by atomic mass is 79.9. The summed E-state index contributed by atoms with van der Waals surface area (Å²) in [5.74, 6) is -0.117. The molecule has 6 heteroatoms. The normalized spacial score (nSPS) is 10.4. The van der Waals surface area contributed by atoms with Gasteiger partial charge in [-0.3, -0.25) is 4.79 Å². The van der Waals surface area contributed by atoms with Crippen molar-refractivity contribution in [2.24, 2.45) is 0 Å². The lowest BCUT2D eigenvalue weighted by Gasteiger charge is -2.22. The van der Waals surface area contributed by atoms with E-state index in [1.54, 1.807) is 30.2 Å². The molecule has 3 nitrogen and oxygen atoms in total. The molecule has 1 aromatic carbocycles. The topological polar surface area (TPSA) is 29.5 Å². The molecule has 0 fully saturated rings. The van der Waals surface area contributed by atoms with E-state index < -0.39 is 0 Å². The van der Waals surface area contributed by atoms with Crippen LogP contribution in [0.5, 0.6) is 0 Å². The van der Waals surface area contributed by atoms with Gasteiger partial charge in [0.15, 0.2) is 0 Å². The second-order valence-electron chi connectivity index (χ2n) is 3.60. The molecule has 0 saturated carbocycles. The Bertz CT molecular complexity index is 415. The molecule has 0 aliphatic carbocycles. The highest BCUT2D eigenvalue weighted by Crippen LogP contribution is 2.22. The molecule has 0 bridgehead atoms. The Kier molecular flexibility index (Phi) is 7.00. The van der Waals surface area contributed by atoms with Gasteiger partial charge in [0.1, 0.15) is 0 Å². The van der Waals surface area contributed by atoms with E-state index in [0.717, 1.165) is 0 Å². The third-order valence-electron chi connectivity index (χ3n) is 2.37. The molecular weight excluding hydrogens is 341 g/mol. The number of ether oxygens (including phenoxy) is 1. The van der Waals surface area contributed by atoms with Crippen LogP contribution in [0.2, 0.25) is 10.0 Å². The first-order chi connectivity index (χ1) is 8.60. The maximum absolute atomic E-state index is 12.3. The van der Waals surface area contributed by atoms with Gasteiger partial charge in [0.25, 0.3) is 5.91 Å². The summed E-state index contributed by atoms with van der Waals surface area (Å²) in [4.78, 5) is 14.0. The van der Waals surface area contributed by atoms with Crippen LogP contribution in [0, 0.1) is 0 Å². The average molecular weight is 355 g/mol. The first-order valence-corrected chi connectivity index (χ1v) is 7.27. The number of benzene rings is 1. The molecule has 0 aromatic heterocycles. The molecule has 0 atom stereocenters. The third-order valence-corrected chi connectivity index (χ3v) is 3.27. The van der Waals surface area contributed by atoms with Crippen LogP contribution in [0.4, 0.5) is 0 Å². The highest BCUT2D eigenvalue weighted by molar-refractivity contribution is 9.09. The quantitative estimate of drug-likeness (QED) is 0.732. The number of carbonyl (C=O) groups excluding carboxylic acids is 1. The van der Waals surface area contributed by atoms with Crippen LogP contribution >= 0.6 is 39.1 Å². The zero-order chi connectivity index (χ0) is 13.5. The Morgan fingerprint density at radius 3 is 2.67 bits per heavy atom. The van der Waals surface area contributed by atoms with E-state index in [2.05, 4.69) is 15.9 Å². The molecule has 1 rings (SSSR count). The van der Waals surface area contributed by atoms with Gasteiger partial charge in [-0.05, 0) is 18.2 Å². The molecule has 0 spiro atoms. The fourth-order valence-electron chi connectivity index (χ4n) is 1.45. The second-order valence-corrected chi connectivity index (χ2v) is 5.23. The van der Waals surface area contributed by atoms with E-state index in [9.17, 15) is 4.79 Å². The van der Waals surface area contributed by atoms with E-state index >= 15 is 0 Å². The van der Waals surface area contributed by atoms with E-state index in [1.165, 1.54) is 0 Å². The van der Waals surface area contributed by atoms with Crippen LogP contribution in [0.15, 0.2) is 18.2 Å². The maximum Gasteiger partial charge on any atom is 0.255 e. The monoisotopic (exact) mass is 353 g/mol. The number of alkyl halides is 1. The lowest BCUT2D eigenvalue weighted by Crippen LogP contribution is -2.35. The number of methoxy groups -OCH3 is 1. The summed E-state index contributed by atoms with van der Waals surface area (Å²) in [5, 5.41) is 1.58.